The van der Waals surface area contributed by atoms with Gasteiger partial charge in [-0.2, -0.15) is 0 Å². The van der Waals surface area contributed by atoms with Gasteiger partial charge in [-0.15, -0.1) is 6.58 Å². The molecule has 0 saturated heterocycles. The highest BCUT2D eigenvalue weighted by molar-refractivity contribution is 5.62. The van der Waals surface area contributed by atoms with Gasteiger partial charge in [-0.05, 0) is 6.42 Å². The SMILES string of the molecule is C=CCC(C=O)CC=O. The highest BCUT2D eigenvalue weighted by atomic mass is 16.1. The third-order valence-electron chi connectivity index (χ3n) is 1.06. The lowest BCUT2D eigenvalue weighted by molar-refractivity contribution is -0.115. The van der Waals surface area contributed by atoms with Crippen molar-refractivity contribution in [2.24, 2.45) is 5.92 Å². The Morgan fingerprint density at radius 1 is 1.33 bits per heavy atom. The normalized spacial score (nSPS) is 12.0. The summed E-state index contributed by atoms with van der Waals surface area (Å²) in [5.41, 5.74) is 0. The Hall–Kier alpha value is -0.920. The lowest BCUT2D eigenvalue weighted by Gasteiger charge is -1.98. The molecule has 9 heavy (non-hydrogen) atoms. The van der Waals surface area contributed by atoms with E-state index < -0.39 is 0 Å². The molecule has 0 rings (SSSR count). The number of allylic oxidation sites excluding steroid dienone is 1. The minimum absolute atomic E-state index is 0.153. The number of carbonyl (C=O) groups excluding carboxylic acids is 2. The molecule has 2 heteroatoms. The van der Waals surface area contributed by atoms with Crippen molar-refractivity contribution >= 4 is 12.6 Å². The van der Waals surface area contributed by atoms with Crippen LogP contribution in [-0.2, 0) is 9.59 Å². The molecule has 0 aromatic heterocycles. The second-order valence-electron chi connectivity index (χ2n) is 1.82. The van der Waals surface area contributed by atoms with Crippen LogP contribution in [0.3, 0.4) is 0 Å². The second-order valence-corrected chi connectivity index (χ2v) is 1.82. The Bertz CT molecular complexity index is 97.5. The van der Waals surface area contributed by atoms with E-state index in [1.807, 2.05) is 0 Å². The van der Waals surface area contributed by atoms with Crippen LogP contribution in [0.2, 0.25) is 0 Å². The number of hydrogen-bond donors (Lipinski definition) is 0. The van der Waals surface area contributed by atoms with Crippen LogP contribution in [0.5, 0.6) is 0 Å². The molecule has 1 unspecified atom stereocenters. The van der Waals surface area contributed by atoms with Crippen molar-refractivity contribution in [1.82, 2.24) is 0 Å². The lowest BCUT2D eigenvalue weighted by atomic mass is 10.1. The molecule has 0 radical (unpaired) electrons. The summed E-state index contributed by atoms with van der Waals surface area (Å²) in [4.78, 5) is 19.9. The molecular formula is C7H10O2. The van der Waals surface area contributed by atoms with Crippen LogP contribution in [-0.4, -0.2) is 12.6 Å². The summed E-state index contributed by atoms with van der Waals surface area (Å²) in [7, 11) is 0. The number of hydrogen-bond acceptors (Lipinski definition) is 2. The number of aldehydes is 2. The monoisotopic (exact) mass is 126 g/mol. The third kappa shape index (κ3) is 3.64. The quantitative estimate of drug-likeness (QED) is 0.406. The maximum Gasteiger partial charge on any atom is 0.123 e. The van der Waals surface area contributed by atoms with E-state index in [2.05, 4.69) is 6.58 Å². The number of carbonyl (C=O) groups is 2. The van der Waals surface area contributed by atoms with E-state index >= 15 is 0 Å². The van der Waals surface area contributed by atoms with Crippen molar-refractivity contribution in [3.63, 3.8) is 0 Å². The van der Waals surface area contributed by atoms with Crippen molar-refractivity contribution in [1.29, 1.82) is 0 Å². The second kappa shape index (κ2) is 5.22. The Balaban J connectivity index is 3.51. The van der Waals surface area contributed by atoms with E-state index in [4.69, 9.17) is 0 Å². The largest absolute Gasteiger partial charge is 0.303 e. The molecule has 0 heterocycles. The summed E-state index contributed by atoms with van der Waals surface area (Å²) < 4.78 is 0. The van der Waals surface area contributed by atoms with Gasteiger partial charge in [0.25, 0.3) is 0 Å². The fourth-order valence-corrected chi connectivity index (χ4v) is 0.545. The minimum atomic E-state index is -0.153. The first-order chi connectivity index (χ1) is 4.35. The predicted octanol–water partition coefficient (Wildman–Crippen LogP) is 0.967. The zero-order valence-electron chi connectivity index (χ0n) is 5.25. The Morgan fingerprint density at radius 2 is 2.00 bits per heavy atom. The molecule has 1 atom stereocenters. The summed E-state index contributed by atoms with van der Waals surface area (Å²) in [6.07, 6.45) is 4.10. The summed E-state index contributed by atoms with van der Waals surface area (Å²) in [6.45, 7) is 3.46. The van der Waals surface area contributed by atoms with Gasteiger partial charge in [-0.25, -0.2) is 0 Å². The maximum atomic E-state index is 10.1. The molecule has 50 valence electrons. The average Bonchev–Trinajstić information content (AvgIpc) is 1.88. The van der Waals surface area contributed by atoms with Gasteiger partial charge in [0.2, 0.25) is 0 Å². The summed E-state index contributed by atoms with van der Waals surface area (Å²) in [5.74, 6) is -0.153. The first-order valence-electron chi connectivity index (χ1n) is 2.85. The predicted molar refractivity (Wildman–Crippen MR) is 35.0 cm³/mol. The number of rotatable bonds is 5. The molecule has 0 spiro atoms. The molecule has 2 nitrogen and oxygen atoms in total. The van der Waals surface area contributed by atoms with E-state index in [-0.39, 0.29) is 5.92 Å². The Labute approximate surface area is 54.6 Å². The van der Waals surface area contributed by atoms with E-state index in [0.717, 1.165) is 12.6 Å². The van der Waals surface area contributed by atoms with Crippen LogP contribution in [0.15, 0.2) is 12.7 Å². The molecule has 0 aromatic carbocycles. The van der Waals surface area contributed by atoms with Gasteiger partial charge in [0, 0.05) is 12.3 Å². The van der Waals surface area contributed by atoms with Crippen molar-refractivity contribution in [2.75, 3.05) is 0 Å². The van der Waals surface area contributed by atoms with Crippen LogP contribution >= 0.6 is 0 Å². The minimum Gasteiger partial charge on any atom is -0.303 e. The van der Waals surface area contributed by atoms with Gasteiger partial charge in [0.05, 0.1) is 0 Å². The highest BCUT2D eigenvalue weighted by Gasteiger charge is 2.01. The molecule has 0 saturated carbocycles. The first-order valence-corrected chi connectivity index (χ1v) is 2.85. The third-order valence-corrected chi connectivity index (χ3v) is 1.06. The molecule has 0 aromatic rings. The van der Waals surface area contributed by atoms with Crippen molar-refractivity contribution in [2.45, 2.75) is 12.8 Å². The molecular weight excluding hydrogens is 116 g/mol. The molecule has 0 aliphatic rings. The van der Waals surface area contributed by atoms with E-state index in [0.29, 0.717) is 12.8 Å². The van der Waals surface area contributed by atoms with E-state index in [1.54, 1.807) is 6.08 Å². The van der Waals surface area contributed by atoms with Crippen LogP contribution < -0.4 is 0 Å². The van der Waals surface area contributed by atoms with Gasteiger partial charge in [-0.3, -0.25) is 0 Å². The van der Waals surface area contributed by atoms with Crippen LogP contribution in [0.25, 0.3) is 0 Å². The summed E-state index contributed by atoms with van der Waals surface area (Å²) in [5, 5.41) is 0. The van der Waals surface area contributed by atoms with Gasteiger partial charge >= 0.3 is 0 Å². The van der Waals surface area contributed by atoms with Crippen LogP contribution in [0, 0.1) is 5.92 Å². The van der Waals surface area contributed by atoms with Crippen molar-refractivity contribution < 1.29 is 9.59 Å². The van der Waals surface area contributed by atoms with Crippen LogP contribution in [0.1, 0.15) is 12.8 Å². The Kier molecular flexibility index (Phi) is 4.69. The van der Waals surface area contributed by atoms with Gasteiger partial charge in [0.15, 0.2) is 0 Å². The fourth-order valence-electron chi connectivity index (χ4n) is 0.545. The molecule has 0 fully saturated rings. The lowest BCUT2D eigenvalue weighted by Crippen LogP contribution is -2.00. The average molecular weight is 126 g/mol. The van der Waals surface area contributed by atoms with Gasteiger partial charge in [-0.1, -0.05) is 6.08 Å². The van der Waals surface area contributed by atoms with E-state index in [1.165, 1.54) is 0 Å². The smallest absolute Gasteiger partial charge is 0.123 e. The van der Waals surface area contributed by atoms with Gasteiger partial charge in [0.1, 0.15) is 12.6 Å². The van der Waals surface area contributed by atoms with Crippen molar-refractivity contribution in [3.8, 4) is 0 Å². The van der Waals surface area contributed by atoms with Gasteiger partial charge < -0.3 is 9.59 Å². The molecule has 0 N–H and O–H groups in total. The topological polar surface area (TPSA) is 34.1 Å². The summed E-state index contributed by atoms with van der Waals surface area (Å²) in [6, 6.07) is 0. The zero-order valence-corrected chi connectivity index (χ0v) is 5.25. The first kappa shape index (κ1) is 8.08. The summed E-state index contributed by atoms with van der Waals surface area (Å²) >= 11 is 0. The maximum absolute atomic E-state index is 10.1. The standard InChI is InChI=1S/C7H10O2/c1-2-3-7(6-9)4-5-8/h2,5-7H,1,3-4H2. The van der Waals surface area contributed by atoms with Crippen molar-refractivity contribution in [3.05, 3.63) is 12.7 Å². The van der Waals surface area contributed by atoms with E-state index in [9.17, 15) is 9.59 Å². The van der Waals surface area contributed by atoms with Crippen LogP contribution in [0.4, 0.5) is 0 Å². The fraction of sp³-hybridized carbons (Fsp3) is 0.429. The molecule has 0 aliphatic carbocycles. The molecule has 0 aliphatic heterocycles. The molecule has 0 bridgehead atoms. The molecule has 0 amide bonds. The zero-order chi connectivity index (χ0) is 7.11. The highest BCUT2D eigenvalue weighted by Crippen LogP contribution is 2.02. The Morgan fingerprint density at radius 3 is 2.33 bits per heavy atom.